The highest BCUT2D eigenvalue weighted by Crippen LogP contribution is 2.35. The Bertz CT molecular complexity index is 1020. The van der Waals surface area contributed by atoms with E-state index in [4.69, 9.17) is 9.57 Å². The summed E-state index contributed by atoms with van der Waals surface area (Å²) in [5.74, 6) is 0.371. The van der Waals surface area contributed by atoms with Gasteiger partial charge >= 0.3 is 0 Å². The molecule has 1 aromatic heterocycles. The minimum absolute atomic E-state index is 0.142. The molecule has 8 heteroatoms. The maximum Gasteiger partial charge on any atom is 0.269 e. The van der Waals surface area contributed by atoms with Crippen LogP contribution in [0.1, 0.15) is 34.1 Å². The molecule has 2 aliphatic rings. The third-order valence-electron chi connectivity index (χ3n) is 5.15. The molecule has 0 spiro atoms. The van der Waals surface area contributed by atoms with Crippen LogP contribution in [-0.2, 0) is 16.2 Å². The predicted molar refractivity (Wildman–Crippen MR) is 112 cm³/mol. The fourth-order valence-electron chi connectivity index (χ4n) is 3.50. The first kappa shape index (κ1) is 20.1. The molecule has 0 saturated heterocycles. The number of aromatic nitrogens is 1. The summed E-state index contributed by atoms with van der Waals surface area (Å²) in [6.07, 6.45) is 3.29. The summed E-state index contributed by atoms with van der Waals surface area (Å²) < 4.78 is 5.72. The number of rotatable bonds is 4. The van der Waals surface area contributed by atoms with E-state index < -0.39 is 6.10 Å². The normalized spacial score (nSPS) is 18.7. The zero-order chi connectivity index (χ0) is 21.3. The van der Waals surface area contributed by atoms with Gasteiger partial charge in [-0.15, -0.1) is 0 Å². The van der Waals surface area contributed by atoms with E-state index >= 15 is 0 Å². The molecule has 3 heterocycles. The van der Waals surface area contributed by atoms with Crippen molar-refractivity contribution in [2.75, 3.05) is 25.5 Å². The maximum absolute atomic E-state index is 11.9. The average Bonchev–Trinajstić information content (AvgIpc) is 2.75. The number of nitrogens with zero attached hydrogens (tertiary/aromatic N) is 2. The Labute approximate surface area is 174 Å². The number of amides is 2. The Kier molecular flexibility index (Phi) is 5.52. The summed E-state index contributed by atoms with van der Waals surface area (Å²) in [6, 6.07) is 7.55. The third-order valence-corrected chi connectivity index (χ3v) is 5.15. The van der Waals surface area contributed by atoms with E-state index in [1.807, 2.05) is 30.2 Å². The van der Waals surface area contributed by atoms with Gasteiger partial charge in [0.05, 0.1) is 12.3 Å². The highest BCUT2D eigenvalue weighted by atomic mass is 16.7. The predicted octanol–water partition coefficient (Wildman–Crippen LogP) is 2.30. The molecule has 0 fully saturated rings. The summed E-state index contributed by atoms with van der Waals surface area (Å²) in [6.45, 7) is 5.32. The standard InChI is InChI=1S/C22H24N4O4/c1-13-8-15(9-19-20(13)30-14(2)21(27)25-19)11-26-7-6-17(12-29-26)16-4-5-18(24-10-16)22(28)23-3/h4-6,8-10,14H,7,11-12H2,1-3H3,(H,23,28)(H,25,27). The number of carbonyl (C=O) groups excluding carboxylic acids is 2. The Hall–Kier alpha value is -3.23. The molecule has 1 aromatic carbocycles. The number of benzene rings is 1. The van der Waals surface area contributed by atoms with Crippen LogP contribution in [-0.4, -0.2) is 48.2 Å². The Morgan fingerprint density at radius 2 is 2.20 bits per heavy atom. The molecule has 0 aliphatic carbocycles. The second-order valence-corrected chi connectivity index (χ2v) is 7.38. The number of ether oxygens (including phenoxy) is 1. The fourth-order valence-corrected chi connectivity index (χ4v) is 3.50. The van der Waals surface area contributed by atoms with Gasteiger partial charge in [-0.1, -0.05) is 18.2 Å². The van der Waals surface area contributed by atoms with E-state index in [9.17, 15) is 9.59 Å². The first-order valence-corrected chi connectivity index (χ1v) is 9.81. The number of nitrogens with one attached hydrogen (secondary N) is 2. The van der Waals surface area contributed by atoms with Crippen molar-refractivity contribution in [2.24, 2.45) is 0 Å². The van der Waals surface area contributed by atoms with Crippen molar-refractivity contribution in [3.8, 4) is 5.75 Å². The van der Waals surface area contributed by atoms with Crippen molar-refractivity contribution in [2.45, 2.75) is 26.5 Å². The van der Waals surface area contributed by atoms with E-state index in [2.05, 4.69) is 21.7 Å². The van der Waals surface area contributed by atoms with Crippen LogP contribution in [0.5, 0.6) is 5.75 Å². The lowest BCUT2D eigenvalue weighted by atomic mass is 10.1. The molecule has 0 saturated carbocycles. The molecule has 0 radical (unpaired) electrons. The van der Waals surface area contributed by atoms with Crippen molar-refractivity contribution in [1.82, 2.24) is 15.4 Å². The molecule has 1 unspecified atom stereocenters. The third kappa shape index (κ3) is 4.05. The lowest BCUT2D eigenvalue weighted by Crippen LogP contribution is -2.35. The molecule has 1 atom stereocenters. The van der Waals surface area contributed by atoms with Gasteiger partial charge in [-0.2, -0.15) is 5.06 Å². The number of pyridine rings is 1. The molecule has 2 aliphatic heterocycles. The van der Waals surface area contributed by atoms with Gasteiger partial charge in [0.15, 0.2) is 6.10 Å². The number of hydrogen-bond acceptors (Lipinski definition) is 6. The Morgan fingerprint density at radius 1 is 1.37 bits per heavy atom. The van der Waals surface area contributed by atoms with Crippen molar-refractivity contribution in [3.05, 3.63) is 58.9 Å². The highest BCUT2D eigenvalue weighted by Gasteiger charge is 2.25. The van der Waals surface area contributed by atoms with Gasteiger partial charge in [-0.25, -0.2) is 0 Å². The van der Waals surface area contributed by atoms with Crippen LogP contribution < -0.4 is 15.4 Å². The summed E-state index contributed by atoms with van der Waals surface area (Å²) >= 11 is 0. The second kappa shape index (κ2) is 8.25. The number of aryl methyl sites for hydroxylation is 1. The summed E-state index contributed by atoms with van der Waals surface area (Å²) in [5.41, 5.74) is 5.04. The molecular weight excluding hydrogens is 384 g/mol. The summed E-state index contributed by atoms with van der Waals surface area (Å²) in [4.78, 5) is 33.6. The van der Waals surface area contributed by atoms with Crippen LogP contribution in [0.2, 0.25) is 0 Å². The first-order chi connectivity index (χ1) is 14.4. The van der Waals surface area contributed by atoms with Gasteiger partial charge in [0.25, 0.3) is 11.8 Å². The monoisotopic (exact) mass is 408 g/mol. The van der Waals surface area contributed by atoms with Crippen LogP contribution in [0.3, 0.4) is 0 Å². The van der Waals surface area contributed by atoms with E-state index in [1.165, 1.54) is 0 Å². The molecule has 8 nitrogen and oxygen atoms in total. The lowest BCUT2D eigenvalue weighted by molar-refractivity contribution is -0.150. The van der Waals surface area contributed by atoms with Gasteiger partial charge < -0.3 is 15.4 Å². The minimum Gasteiger partial charge on any atom is -0.478 e. The van der Waals surface area contributed by atoms with Crippen LogP contribution in [0.15, 0.2) is 36.5 Å². The number of hydroxylamine groups is 2. The summed E-state index contributed by atoms with van der Waals surface area (Å²) in [7, 11) is 1.58. The topological polar surface area (TPSA) is 92.8 Å². The maximum atomic E-state index is 11.9. The highest BCUT2D eigenvalue weighted by molar-refractivity contribution is 5.98. The van der Waals surface area contributed by atoms with Crippen LogP contribution >= 0.6 is 0 Å². The molecule has 2 aromatic rings. The smallest absolute Gasteiger partial charge is 0.269 e. The van der Waals surface area contributed by atoms with Crippen molar-refractivity contribution in [1.29, 1.82) is 0 Å². The van der Waals surface area contributed by atoms with E-state index in [1.54, 1.807) is 26.2 Å². The number of hydrogen-bond donors (Lipinski definition) is 2. The molecule has 0 bridgehead atoms. The van der Waals surface area contributed by atoms with Gasteiger partial charge in [0, 0.05) is 26.3 Å². The van der Waals surface area contributed by atoms with Crippen LogP contribution in [0.4, 0.5) is 5.69 Å². The molecule has 30 heavy (non-hydrogen) atoms. The number of carbonyl (C=O) groups is 2. The van der Waals surface area contributed by atoms with Gasteiger partial charge in [-0.3, -0.25) is 19.4 Å². The molecule has 4 rings (SSSR count). The van der Waals surface area contributed by atoms with Gasteiger partial charge in [0.1, 0.15) is 11.4 Å². The van der Waals surface area contributed by atoms with E-state index in [0.29, 0.717) is 31.1 Å². The van der Waals surface area contributed by atoms with E-state index in [-0.39, 0.29) is 11.8 Å². The summed E-state index contributed by atoms with van der Waals surface area (Å²) in [5, 5.41) is 7.33. The Morgan fingerprint density at radius 3 is 2.87 bits per heavy atom. The van der Waals surface area contributed by atoms with Gasteiger partial charge in [-0.05, 0) is 48.2 Å². The largest absolute Gasteiger partial charge is 0.478 e. The lowest BCUT2D eigenvalue weighted by Gasteiger charge is -2.28. The zero-order valence-corrected chi connectivity index (χ0v) is 17.2. The van der Waals surface area contributed by atoms with E-state index in [0.717, 1.165) is 28.0 Å². The van der Waals surface area contributed by atoms with Crippen LogP contribution in [0, 0.1) is 6.92 Å². The Balaban J connectivity index is 1.43. The average molecular weight is 408 g/mol. The molecular formula is C22H24N4O4. The number of fused-ring (bicyclic) bond motifs is 1. The first-order valence-electron chi connectivity index (χ1n) is 9.81. The quantitative estimate of drug-likeness (QED) is 0.807. The van der Waals surface area contributed by atoms with Crippen molar-refractivity contribution < 1.29 is 19.2 Å². The SMILES string of the molecule is CNC(=O)c1ccc(C2=CCN(Cc3cc(C)c4c(c3)NC(=O)C(C)O4)OC2)cn1. The zero-order valence-electron chi connectivity index (χ0n) is 17.2. The molecule has 2 amide bonds. The van der Waals surface area contributed by atoms with Crippen LogP contribution in [0.25, 0.3) is 5.57 Å². The molecule has 2 N–H and O–H groups in total. The number of anilines is 1. The second-order valence-electron chi connectivity index (χ2n) is 7.38. The van der Waals surface area contributed by atoms with Crippen molar-refractivity contribution in [3.63, 3.8) is 0 Å². The fraction of sp³-hybridized carbons (Fsp3) is 0.318. The van der Waals surface area contributed by atoms with Gasteiger partial charge in [0.2, 0.25) is 0 Å². The minimum atomic E-state index is -0.490. The van der Waals surface area contributed by atoms with Crippen molar-refractivity contribution >= 4 is 23.1 Å². The molecule has 156 valence electrons.